The zero-order chi connectivity index (χ0) is 17.2. The van der Waals surface area contributed by atoms with Gasteiger partial charge in [-0.15, -0.1) is 0 Å². The van der Waals surface area contributed by atoms with Gasteiger partial charge in [0.25, 0.3) is 0 Å². The van der Waals surface area contributed by atoms with Crippen molar-refractivity contribution in [3.8, 4) is 0 Å². The standard InChI is InChI=1S/C16H20Cl3NO2S/c1-15(2)9-4-5-16(3,8-9)14(15)20-23(21,22)13-7-11(18)10(17)6-12(13)19/h6-7,9,14,20H,4-5,8H2,1-3H3/t9-,14+,16-/m0/s1. The Morgan fingerprint density at radius 3 is 2.26 bits per heavy atom. The molecule has 2 aliphatic carbocycles. The molecule has 2 aliphatic rings. The van der Waals surface area contributed by atoms with Crippen molar-refractivity contribution in [2.45, 2.75) is 51.0 Å². The van der Waals surface area contributed by atoms with Crippen LogP contribution in [0.15, 0.2) is 17.0 Å². The van der Waals surface area contributed by atoms with E-state index in [9.17, 15) is 8.42 Å². The fraction of sp³-hybridized carbons (Fsp3) is 0.625. The number of hydrogen-bond acceptors (Lipinski definition) is 2. The molecule has 1 N–H and O–H groups in total. The maximum atomic E-state index is 12.9. The van der Waals surface area contributed by atoms with Crippen molar-refractivity contribution in [3.63, 3.8) is 0 Å². The van der Waals surface area contributed by atoms with Crippen LogP contribution in [0.4, 0.5) is 0 Å². The SMILES string of the molecule is CC1(C)[C@H]2CC[C@@](C)(C2)[C@@H]1NS(=O)(=O)c1cc(Cl)c(Cl)cc1Cl. The van der Waals surface area contributed by atoms with Crippen LogP contribution >= 0.6 is 34.8 Å². The monoisotopic (exact) mass is 395 g/mol. The fourth-order valence-corrected chi connectivity index (χ4v) is 7.06. The predicted molar refractivity (Wildman–Crippen MR) is 94.8 cm³/mol. The minimum Gasteiger partial charge on any atom is -0.207 e. The van der Waals surface area contributed by atoms with Crippen LogP contribution in [-0.4, -0.2) is 14.5 Å². The van der Waals surface area contributed by atoms with Gasteiger partial charge in [0, 0.05) is 6.04 Å². The molecule has 2 saturated carbocycles. The lowest BCUT2D eigenvalue weighted by Gasteiger charge is -2.42. The molecule has 3 rings (SSSR count). The van der Waals surface area contributed by atoms with Crippen LogP contribution < -0.4 is 4.72 Å². The van der Waals surface area contributed by atoms with E-state index in [0.717, 1.165) is 19.3 Å². The number of fused-ring (bicyclic) bond motifs is 2. The van der Waals surface area contributed by atoms with Gasteiger partial charge in [-0.05, 0) is 48.1 Å². The van der Waals surface area contributed by atoms with Crippen LogP contribution in [0.1, 0.15) is 40.0 Å². The first-order valence-corrected chi connectivity index (χ1v) is 10.3. The van der Waals surface area contributed by atoms with Gasteiger partial charge in [0.05, 0.1) is 15.1 Å². The largest absolute Gasteiger partial charge is 0.242 e. The van der Waals surface area contributed by atoms with Crippen molar-refractivity contribution in [3.05, 3.63) is 27.2 Å². The van der Waals surface area contributed by atoms with Gasteiger partial charge in [-0.2, -0.15) is 0 Å². The normalized spacial score (nSPS) is 32.4. The minimum atomic E-state index is -3.77. The van der Waals surface area contributed by atoms with Crippen molar-refractivity contribution < 1.29 is 8.42 Å². The van der Waals surface area contributed by atoms with Gasteiger partial charge < -0.3 is 0 Å². The van der Waals surface area contributed by atoms with Gasteiger partial charge in [0.1, 0.15) is 4.90 Å². The first-order valence-electron chi connectivity index (χ1n) is 7.64. The van der Waals surface area contributed by atoms with Gasteiger partial charge in [0.2, 0.25) is 10.0 Å². The van der Waals surface area contributed by atoms with E-state index >= 15 is 0 Å². The third-order valence-corrected chi connectivity index (χ3v) is 8.42. The van der Waals surface area contributed by atoms with Crippen LogP contribution in [0.3, 0.4) is 0 Å². The lowest BCUT2D eigenvalue weighted by atomic mass is 9.69. The highest BCUT2D eigenvalue weighted by molar-refractivity contribution is 7.89. The Kier molecular flexibility index (Phi) is 4.26. The maximum absolute atomic E-state index is 12.9. The summed E-state index contributed by atoms with van der Waals surface area (Å²) in [7, 11) is -3.77. The molecular formula is C16H20Cl3NO2S. The van der Waals surface area contributed by atoms with Crippen LogP contribution in [-0.2, 0) is 10.0 Å². The number of rotatable bonds is 3. The predicted octanol–water partition coefficient (Wildman–Crippen LogP) is 5.14. The Morgan fingerprint density at radius 1 is 1.09 bits per heavy atom. The average Bonchev–Trinajstić information content (AvgIpc) is 2.90. The zero-order valence-electron chi connectivity index (χ0n) is 13.3. The Balaban J connectivity index is 1.98. The summed E-state index contributed by atoms with van der Waals surface area (Å²) < 4.78 is 28.7. The minimum absolute atomic E-state index is 0.00999. The number of benzene rings is 1. The van der Waals surface area contributed by atoms with Crippen LogP contribution in [0.25, 0.3) is 0 Å². The third kappa shape index (κ3) is 2.81. The molecule has 128 valence electrons. The van der Waals surface area contributed by atoms with Crippen LogP contribution in [0.2, 0.25) is 15.1 Å². The average molecular weight is 397 g/mol. The second kappa shape index (κ2) is 5.50. The molecule has 0 aliphatic heterocycles. The van der Waals surface area contributed by atoms with E-state index in [1.165, 1.54) is 12.1 Å². The highest BCUT2D eigenvalue weighted by atomic mass is 35.5. The Bertz CT molecular complexity index is 758. The molecular weight excluding hydrogens is 377 g/mol. The van der Waals surface area contributed by atoms with E-state index < -0.39 is 10.0 Å². The van der Waals surface area contributed by atoms with Gasteiger partial charge in [-0.3, -0.25) is 0 Å². The summed E-state index contributed by atoms with van der Waals surface area (Å²) in [6.45, 7) is 6.46. The molecule has 2 bridgehead atoms. The van der Waals surface area contributed by atoms with E-state index in [4.69, 9.17) is 34.8 Å². The molecule has 2 fully saturated rings. The van der Waals surface area contributed by atoms with Crippen molar-refractivity contribution in [2.24, 2.45) is 16.7 Å². The second-order valence-electron chi connectivity index (χ2n) is 7.67. The van der Waals surface area contributed by atoms with Gasteiger partial charge >= 0.3 is 0 Å². The number of halogens is 3. The molecule has 3 nitrogen and oxygen atoms in total. The quantitative estimate of drug-likeness (QED) is 0.719. The summed E-state index contributed by atoms with van der Waals surface area (Å²) >= 11 is 18.0. The van der Waals surface area contributed by atoms with Crippen molar-refractivity contribution in [1.82, 2.24) is 4.72 Å². The molecule has 0 heterocycles. The van der Waals surface area contributed by atoms with Gasteiger partial charge in [-0.1, -0.05) is 55.6 Å². The summed E-state index contributed by atoms with van der Waals surface area (Å²) in [6.07, 6.45) is 3.26. The summed E-state index contributed by atoms with van der Waals surface area (Å²) in [5, 5.41) is 0.496. The lowest BCUT2D eigenvalue weighted by Crippen LogP contribution is -2.52. The van der Waals surface area contributed by atoms with E-state index in [1.54, 1.807) is 0 Å². The molecule has 0 saturated heterocycles. The second-order valence-corrected chi connectivity index (χ2v) is 10.6. The molecule has 0 unspecified atom stereocenters. The van der Waals surface area contributed by atoms with Gasteiger partial charge in [0.15, 0.2) is 0 Å². The first-order chi connectivity index (χ1) is 10.5. The molecule has 23 heavy (non-hydrogen) atoms. The molecule has 1 aromatic rings. The van der Waals surface area contributed by atoms with Crippen LogP contribution in [0.5, 0.6) is 0 Å². The highest BCUT2D eigenvalue weighted by Crippen LogP contribution is 2.62. The van der Waals surface area contributed by atoms with Crippen molar-refractivity contribution >= 4 is 44.8 Å². The van der Waals surface area contributed by atoms with Crippen molar-refractivity contribution in [2.75, 3.05) is 0 Å². The Morgan fingerprint density at radius 2 is 1.70 bits per heavy atom. The van der Waals surface area contributed by atoms with E-state index in [1.807, 2.05) is 0 Å². The summed E-state index contributed by atoms with van der Waals surface area (Å²) in [5.41, 5.74) is -0.0906. The zero-order valence-corrected chi connectivity index (χ0v) is 16.4. The van der Waals surface area contributed by atoms with Crippen molar-refractivity contribution in [1.29, 1.82) is 0 Å². The third-order valence-electron chi connectivity index (χ3n) is 5.81. The number of hydrogen-bond donors (Lipinski definition) is 1. The maximum Gasteiger partial charge on any atom is 0.242 e. The molecule has 0 spiro atoms. The highest BCUT2D eigenvalue weighted by Gasteiger charge is 2.60. The molecule has 0 radical (unpaired) electrons. The summed E-state index contributed by atoms with van der Waals surface area (Å²) in [5.74, 6) is 0.546. The van der Waals surface area contributed by atoms with Gasteiger partial charge in [-0.25, -0.2) is 13.1 Å². The first kappa shape index (κ1) is 17.8. The number of sulfonamides is 1. The topological polar surface area (TPSA) is 46.2 Å². The molecule has 7 heteroatoms. The van der Waals surface area contributed by atoms with Crippen LogP contribution in [0, 0.1) is 16.7 Å². The summed E-state index contributed by atoms with van der Waals surface area (Å²) in [4.78, 5) is -0.0178. The number of nitrogens with one attached hydrogen (secondary N) is 1. The smallest absolute Gasteiger partial charge is 0.207 e. The van der Waals surface area contributed by atoms with E-state index in [-0.39, 0.29) is 36.8 Å². The molecule has 1 aromatic carbocycles. The lowest BCUT2D eigenvalue weighted by molar-refractivity contribution is 0.127. The fourth-order valence-electron chi connectivity index (χ4n) is 4.53. The molecule has 0 amide bonds. The van der Waals surface area contributed by atoms with E-state index in [0.29, 0.717) is 5.92 Å². The Hall–Kier alpha value is -0.000000000000000111. The molecule has 3 atom stereocenters. The summed E-state index contributed by atoms with van der Waals surface area (Å²) in [6, 6.07) is 2.56. The Labute approximate surface area is 152 Å². The molecule has 0 aromatic heterocycles. The van der Waals surface area contributed by atoms with E-state index in [2.05, 4.69) is 25.5 Å².